The van der Waals surface area contributed by atoms with Gasteiger partial charge < -0.3 is 10.3 Å². The predicted octanol–water partition coefficient (Wildman–Crippen LogP) is 4.29. The van der Waals surface area contributed by atoms with E-state index >= 15 is 0 Å². The minimum atomic E-state index is 0.512. The summed E-state index contributed by atoms with van der Waals surface area (Å²) >= 11 is 3.24. The van der Waals surface area contributed by atoms with Crippen LogP contribution in [0.1, 0.15) is 16.3 Å². The zero-order valence-electron chi connectivity index (χ0n) is 11.8. The van der Waals surface area contributed by atoms with E-state index in [1.165, 1.54) is 9.77 Å². The molecule has 0 saturated heterocycles. The van der Waals surface area contributed by atoms with Crippen LogP contribution in [0.15, 0.2) is 39.8 Å². The molecule has 0 atom stereocenters. The van der Waals surface area contributed by atoms with Crippen LogP contribution in [0.5, 0.6) is 0 Å². The zero-order chi connectivity index (χ0) is 14.8. The lowest BCUT2D eigenvalue weighted by atomic mass is 10.1. The van der Waals surface area contributed by atoms with E-state index in [4.69, 9.17) is 10.3 Å². The summed E-state index contributed by atoms with van der Waals surface area (Å²) in [6, 6.07) is 10.2. The largest absolute Gasteiger partial charge is 0.390 e. The number of thiophene rings is 1. The van der Waals surface area contributed by atoms with Gasteiger partial charge in [0, 0.05) is 9.77 Å². The molecular weight excluding hydrogens is 302 g/mol. The molecule has 0 bridgehead atoms. The van der Waals surface area contributed by atoms with Crippen molar-refractivity contribution in [3.05, 3.63) is 46.6 Å². The third-order valence-corrected chi connectivity index (χ3v) is 5.25. The van der Waals surface area contributed by atoms with E-state index in [2.05, 4.69) is 22.3 Å². The summed E-state index contributed by atoms with van der Waals surface area (Å²) in [5.41, 5.74) is 8.02. The molecule has 0 aliphatic heterocycles. The second-order valence-corrected chi connectivity index (χ2v) is 6.95. The number of nitrogen functional groups attached to an aromatic ring is 1. The van der Waals surface area contributed by atoms with Crippen LogP contribution in [0.2, 0.25) is 0 Å². The fraction of sp³-hybridized carbons (Fsp3) is 0.200. The molecule has 4 nitrogen and oxygen atoms in total. The Labute approximate surface area is 131 Å². The Bertz CT molecular complexity index is 750. The number of aryl methyl sites for hydroxylation is 1. The fourth-order valence-corrected chi connectivity index (χ4v) is 3.69. The first-order valence-electron chi connectivity index (χ1n) is 6.51. The average molecular weight is 317 g/mol. The number of hydrogen-bond donors (Lipinski definition) is 1. The van der Waals surface area contributed by atoms with Crippen molar-refractivity contribution in [1.82, 2.24) is 10.1 Å². The first-order valence-corrected chi connectivity index (χ1v) is 8.31. The molecule has 1 aromatic carbocycles. The van der Waals surface area contributed by atoms with Crippen LogP contribution in [-0.4, -0.2) is 10.1 Å². The van der Waals surface area contributed by atoms with Crippen molar-refractivity contribution < 1.29 is 4.52 Å². The lowest BCUT2D eigenvalue weighted by Gasteiger charge is -1.96. The number of nitrogens with two attached hydrogens (primary N) is 1. The van der Waals surface area contributed by atoms with Gasteiger partial charge in [-0.25, -0.2) is 0 Å². The molecule has 0 aliphatic carbocycles. The number of benzene rings is 1. The highest BCUT2D eigenvalue weighted by atomic mass is 32.2. The monoisotopic (exact) mass is 317 g/mol. The van der Waals surface area contributed by atoms with Gasteiger partial charge in [-0.15, -0.1) is 23.1 Å². The van der Waals surface area contributed by atoms with Crippen LogP contribution in [0.4, 0.5) is 5.00 Å². The lowest BCUT2D eigenvalue weighted by molar-refractivity contribution is 0.425. The maximum absolute atomic E-state index is 6.03. The van der Waals surface area contributed by atoms with E-state index in [1.54, 1.807) is 23.1 Å². The molecule has 21 heavy (non-hydrogen) atoms. The fourth-order valence-electron chi connectivity index (χ4n) is 2.00. The van der Waals surface area contributed by atoms with Crippen molar-refractivity contribution in [3.8, 4) is 11.5 Å². The standard InChI is InChI=1S/C15H15N3OS2/c1-9-10(2)21-14(16)13(9)15-17-12(18-19-15)8-20-11-6-4-3-5-7-11/h3-7H,8,16H2,1-2H3. The quantitative estimate of drug-likeness (QED) is 0.727. The van der Waals surface area contributed by atoms with E-state index in [9.17, 15) is 0 Å². The highest BCUT2D eigenvalue weighted by molar-refractivity contribution is 7.98. The van der Waals surface area contributed by atoms with Crippen molar-refractivity contribution in [2.24, 2.45) is 0 Å². The molecular formula is C15H15N3OS2. The smallest absolute Gasteiger partial charge is 0.261 e. The summed E-state index contributed by atoms with van der Waals surface area (Å²) in [7, 11) is 0. The second-order valence-electron chi connectivity index (χ2n) is 4.64. The van der Waals surface area contributed by atoms with Crippen LogP contribution in [0, 0.1) is 13.8 Å². The normalized spacial score (nSPS) is 11.0. The first-order chi connectivity index (χ1) is 10.1. The summed E-state index contributed by atoms with van der Waals surface area (Å²) in [6.45, 7) is 4.07. The van der Waals surface area contributed by atoms with Gasteiger partial charge in [-0.05, 0) is 31.5 Å². The number of thioether (sulfide) groups is 1. The zero-order valence-corrected chi connectivity index (χ0v) is 13.4. The lowest BCUT2D eigenvalue weighted by Crippen LogP contribution is -1.88. The van der Waals surface area contributed by atoms with Crippen molar-refractivity contribution in [2.75, 3.05) is 5.73 Å². The summed E-state index contributed by atoms with van der Waals surface area (Å²) in [4.78, 5) is 6.83. The Hall–Kier alpha value is -1.79. The maximum Gasteiger partial charge on any atom is 0.261 e. The predicted molar refractivity (Wildman–Crippen MR) is 87.5 cm³/mol. The van der Waals surface area contributed by atoms with Crippen molar-refractivity contribution in [1.29, 1.82) is 0 Å². The molecule has 0 radical (unpaired) electrons. The topological polar surface area (TPSA) is 64.9 Å². The molecule has 0 amide bonds. The van der Waals surface area contributed by atoms with E-state index in [0.717, 1.165) is 16.1 Å². The maximum atomic E-state index is 6.03. The molecule has 108 valence electrons. The van der Waals surface area contributed by atoms with E-state index in [-0.39, 0.29) is 0 Å². The third-order valence-electron chi connectivity index (χ3n) is 3.21. The van der Waals surface area contributed by atoms with E-state index in [0.29, 0.717) is 17.5 Å². The van der Waals surface area contributed by atoms with Gasteiger partial charge in [0.25, 0.3) is 5.89 Å². The first kappa shape index (κ1) is 14.2. The highest BCUT2D eigenvalue weighted by Gasteiger charge is 2.18. The van der Waals surface area contributed by atoms with Crippen molar-refractivity contribution >= 4 is 28.1 Å². The summed E-state index contributed by atoms with van der Waals surface area (Å²) in [5, 5.41) is 4.77. The SMILES string of the molecule is Cc1sc(N)c(-c2nc(CSc3ccccc3)no2)c1C. The summed E-state index contributed by atoms with van der Waals surface area (Å²) < 4.78 is 5.37. The molecule has 2 N–H and O–H groups in total. The summed E-state index contributed by atoms with van der Waals surface area (Å²) in [5.74, 6) is 1.87. The Morgan fingerprint density at radius 3 is 2.67 bits per heavy atom. The minimum absolute atomic E-state index is 0.512. The molecule has 0 saturated carbocycles. The molecule has 3 aromatic rings. The minimum Gasteiger partial charge on any atom is -0.390 e. The number of aromatic nitrogens is 2. The number of hydrogen-bond acceptors (Lipinski definition) is 6. The third kappa shape index (κ3) is 2.96. The molecule has 2 aromatic heterocycles. The molecule has 0 spiro atoms. The summed E-state index contributed by atoms with van der Waals surface area (Å²) in [6.07, 6.45) is 0. The van der Waals surface area contributed by atoms with Gasteiger partial charge in [0.2, 0.25) is 0 Å². The Kier molecular flexibility index (Phi) is 3.98. The van der Waals surface area contributed by atoms with Crippen LogP contribution >= 0.6 is 23.1 Å². The van der Waals surface area contributed by atoms with Gasteiger partial charge in [-0.1, -0.05) is 23.4 Å². The van der Waals surface area contributed by atoms with Gasteiger partial charge in [0.05, 0.1) is 16.3 Å². The van der Waals surface area contributed by atoms with Crippen molar-refractivity contribution in [2.45, 2.75) is 24.5 Å². The Morgan fingerprint density at radius 2 is 2.00 bits per heavy atom. The van der Waals surface area contributed by atoms with E-state index < -0.39 is 0 Å². The van der Waals surface area contributed by atoms with Gasteiger partial charge in [0.1, 0.15) is 0 Å². The van der Waals surface area contributed by atoms with Gasteiger partial charge >= 0.3 is 0 Å². The van der Waals surface area contributed by atoms with Crippen LogP contribution in [0.25, 0.3) is 11.5 Å². The molecule has 6 heteroatoms. The van der Waals surface area contributed by atoms with Gasteiger partial charge in [-0.2, -0.15) is 4.98 Å². The van der Waals surface area contributed by atoms with E-state index in [1.807, 2.05) is 32.0 Å². The second kappa shape index (κ2) is 5.91. The molecule has 0 aliphatic rings. The van der Waals surface area contributed by atoms with Gasteiger partial charge in [-0.3, -0.25) is 0 Å². The molecule has 0 unspecified atom stereocenters. The Morgan fingerprint density at radius 1 is 1.24 bits per heavy atom. The Balaban J connectivity index is 1.77. The molecule has 3 rings (SSSR count). The number of rotatable bonds is 4. The number of anilines is 1. The van der Waals surface area contributed by atoms with Crippen molar-refractivity contribution in [3.63, 3.8) is 0 Å². The van der Waals surface area contributed by atoms with Crippen LogP contribution in [0.3, 0.4) is 0 Å². The van der Waals surface area contributed by atoms with Crippen LogP contribution in [-0.2, 0) is 5.75 Å². The van der Waals surface area contributed by atoms with Gasteiger partial charge in [0.15, 0.2) is 5.82 Å². The molecule has 0 fully saturated rings. The molecule has 2 heterocycles. The average Bonchev–Trinajstić information content (AvgIpc) is 3.03. The highest BCUT2D eigenvalue weighted by Crippen LogP contribution is 2.37. The number of nitrogens with zero attached hydrogens (tertiary/aromatic N) is 2. The van der Waals surface area contributed by atoms with Crippen LogP contribution < -0.4 is 5.73 Å².